The Kier molecular flexibility index (Phi) is 4.12. The van der Waals surface area contributed by atoms with Crippen LogP contribution in [-0.2, 0) is 4.74 Å². The van der Waals surface area contributed by atoms with E-state index in [-0.39, 0.29) is 5.91 Å². The minimum atomic E-state index is 0.0551. The molecule has 0 radical (unpaired) electrons. The highest BCUT2D eigenvalue weighted by molar-refractivity contribution is 9.10. The summed E-state index contributed by atoms with van der Waals surface area (Å²) in [5, 5.41) is 0. The topological polar surface area (TPSA) is 42.4 Å². The van der Waals surface area contributed by atoms with Crippen molar-refractivity contribution < 1.29 is 9.53 Å². The van der Waals surface area contributed by atoms with E-state index in [9.17, 15) is 4.79 Å². The lowest BCUT2D eigenvalue weighted by Crippen LogP contribution is -2.40. The Morgan fingerprint density at radius 2 is 2.18 bits per heavy atom. The number of ether oxygens (including phenoxy) is 1. The van der Waals surface area contributed by atoms with Crippen LogP contribution in [0.2, 0.25) is 0 Å². The van der Waals surface area contributed by atoms with E-state index >= 15 is 0 Å². The molecule has 0 aliphatic carbocycles. The number of piperidine rings is 1. The van der Waals surface area contributed by atoms with Crippen molar-refractivity contribution in [2.45, 2.75) is 18.9 Å². The van der Waals surface area contributed by atoms with Crippen LogP contribution < -0.4 is 0 Å². The maximum absolute atomic E-state index is 12.1. The van der Waals surface area contributed by atoms with Crippen LogP contribution in [-0.4, -0.2) is 42.1 Å². The zero-order valence-corrected chi connectivity index (χ0v) is 11.3. The summed E-state index contributed by atoms with van der Waals surface area (Å²) in [6.45, 7) is 1.51. The van der Waals surface area contributed by atoms with Crippen LogP contribution in [0, 0.1) is 0 Å². The summed E-state index contributed by atoms with van der Waals surface area (Å²) in [6.07, 6.45) is 3.72. The zero-order chi connectivity index (χ0) is 12.3. The van der Waals surface area contributed by atoms with Gasteiger partial charge in [0.05, 0.1) is 11.7 Å². The van der Waals surface area contributed by atoms with E-state index in [2.05, 4.69) is 20.9 Å². The molecule has 0 aromatic carbocycles. The first kappa shape index (κ1) is 12.5. The molecule has 0 atom stereocenters. The van der Waals surface area contributed by atoms with Crippen molar-refractivity contribution in [3.63, 3.8) is 0 Å². The van der Waals surface area contributed by atoms with Gasteiger partial charge in [-0.15, -0.1) is 0 Å². The molecule has 1 amide bonds. The zero-order valence-electron chi connectivity index (χ0n) is 9.73. The molecule has 1 aliphatic heterocycles. The molecule has 1 aromatic heterocycles. The third kappa shape index (κ3) is 3.04. The molecule has 1 saturated heterocycles. The molecule has 2 heterocycles. The quantitative estimate of drug-likeness (QED) is 0.785. The fourth-order valence-corrected chi connectivity index (χ4v) is 2.21. The summed E-state index contributed by atoms with van der Waals surface area (Å²) in [7, 11) is 1.72. The van der Waals surface area contributed by atoms with Gasteiger partial charge in [-0.2, -0.15) is 0 Å². The van der Waals surface area contributed by atoms with Gasteiger partial charge in [-0.25, -0.2) is 4.98 Å². The number of carbonyl (C=O) groups is 1. The van der Waals surface area contributed by atoms with Gasteiger partial charge in [0.15, 0.2) is 0 Å². The van der Waals surface area contributed by atoms with Gasteiger partial charge in [0, 0.05) is 26.4 Å². The maximum Gasteiger partial charge on any atom is 0.255 e. The fourth-order valence-electron chi connectivity index (χ4n) is 1.98. The average Bonchev–Trinajstić information content (AvgIpc) is 2.39. The molecule has 1 aliphatic rings. The minimum Gasteiger partial charge on any atom is -0.381 e. The summed E-state index contributed by atoms with van der Waals surface area (Å²) in [5.74, 6) is 0.0551. The van der Waals surface area contributed by atoms with Crippen LogP contribution in [0.5, 0.6) is 0 Å². The van der Waals surface area contributed by atoms with E-state index in [4.69, 9.17) is 4.74 Å². The molecule has 92 valence electrons. The van der Waals surface area contributed by atoms with Crippen LogP contribution >= 0.6 is 15.9 Å². The van der Waals surface area contributed by atoms with E-state index in [0.717, 1.165) is 30.5 Å². The Morgan fingerprint density at radius 3 is 2.71 bits per heavy atom. The monoisotopic (exact) mass is 298 g/mol. The molecule has 1 fully saturated rings. The van der Waals surface area contributed by atoms with Gasteiger partial charge in [-0.05, 0) is 40.9 Å². The highest BCUT2D eigenvalue weighted by atomic mass is 79.9. The molecular formula is C12H15BrN2O2. The van der Waals surface area contributed by atoms with Gasteiger partial charge in [0.25, 0.3) is 5.91 Å². The van der Waals surface area contributed by atoms with E-state index < -0.39 is 0 Å². The largest absolute Gasteiger partial charge is 0.381 e. The van der Waals surface area contributed by atoms with Gasteiger partial charge in [-0.3, -0.25) is 4.79 Å². The van der Waals surface area contributed by atoms with Crippen LogP contribution in [0.4, 0.5) is 0 Å². The smallest absolute Gasteiger partial charge is 0.255 e. The number of methoxy groups -OCH3 is 1. The summed E-state index contributed by atoms with van der Waals surface area (Å²) in [5.41, 5.74) is 0.643. The summed E-state index contributed by atoms with van der Waals surface area (Å²) >= 11 is 3.26. The number of hydrogen-bond donors (Lipinski definition) is 0. The first-order chi connectivity index (χ1) is 8.20. The molecule has 0 spiro atoms. The van der Waals surface area contributed by atoms with E-state index in [1.807, 2.05) is 4.90 Å². The molecule has 17 heavy (non-hydrogen) atoms. The minimum absolute atomic E-state index is 0.0551. The average molecular weight is 299 g/mol. The SMILES string of the molecule is COC1CCN(C(=O)c2ccc(Br)nc2)CC1. The Bertz CT molecular complexity index is 386. The Labute approximate surface area is 109 Å². The number of hydrogen-bond acceptors (Lipinski definition) is 3. The molecule has 0 bridgehead atoms. The van der Waals surface area contributed by atoms with Crippen molar-refractivity contribution in [1.29, 1.82) is 0 Å². The lowest BCUT2D eigenvalue weighted by Gasteiger charge is -2.31. The normalized spacial score (nSPS) is 17.2. The Hall–Kier alpha value is -0.940. The number of carbonyl (C=O) groups excluding carboxylic acids is 1. The highest BCUT2D eigenvalue weighted by Crippen LogP contribution is 2.16. The van der Waals surface area contributed by atoms with E-state index in [1.54, 1.807) is 25.4 Å². The van der Waals surface area contributed by atoms with E-state index in [1.165, 1.54) is 0 Å². The lowest BCUT2D eigenvalue weighted by atomic mass is 10.1. The van der Waals surface area contributed by atoms with Crippen LogP contribution in [0.15, 0.2) is 22.9 Å². The number of aromatic nitrogens is 1. The highest BCUT2D eigenvalue weighted by Gasteiger charge is 2.23. The second kappa shape index (κ2) is 5.60. The van der Waals surface area contributed by atoms with Crippen LogP contribution in [0.1, 0.15) is 23.2 Å². The maximum atomic E-state index is 12.1. The van der Waals surface area contributed by atoms with Gasteiger partial charge in [0.1, 0.15) is 4.60 Å². The van der Waals surface area contributed by atoms with Crippen molar-refractivity contribution in [2.24, 2.45) is 0 Å². The molecule has 1 aromatic rings. The van der Waals surface area contributed by atoms with Gasteiger partial charge >= 0.3 is 0 Å². The molecule has 4 nitrogen and oxygen atoms in total. The molecule has 2 rings (SSSR count). The van der Waals surface area contributed by atoms with Gasteiger partial charge in [0.2, 0.25) is 0 Å². The van der Waals surface area contributed by atoms with Crippen molar-refractivity contribution in [1.82, 2.24) is 9.88 Å². The van der Waals surface area contributed by atoms with E-state index in [0.29, 0.717) is 11.7 Å². The van der Waals surface area contributed by atoms with Gasteiger partial charge in [-0.1, -0.05) is 0 Å². The summed E-state index contributed by atoms with van der Waals surface area (Å²) in [6, 6.07) is 3.58. The van der Waals surface area contributed by atoms with Crippen LogP contribution in [0.3, 0.4) is 0 Å². The van der Waals surface area contributed by atoms with Crippen molar-refractivity contribution in [3.8, 4) is 0 Å². The Balaban J connectivity index is 1.99. The third-order valence-electron chi connectivity index (χ3n) is 3.04. The number of likely N-dealkylation sites (tertiary alicyclic amines) is 1. The number of nitrogens with zero attached hydrogens (tertiary/aromatic N) is 2. The molecular weight excluding hydrogens is 284 g/mol. The third-order valence-corrected chi connectivity index (χ3v) is 3.51. The fraction of sp³-hybridized carbons (Fsp3) is 0.500. The van der Waals surface area contributed by atoms with Crippen molar-refractivity contribution in [2.75, 3.05) is 20.2 Å². The summed E-state index contributed by atoms with van der Waals surface area (Å²) < 4.78 is 6.03. The summed E-state index contributed by atoms with van der Waals surface area (Å²) in [4.78, 5) is 18.1. The second-order valence-electron chi connectivity index (χ2n) is 4.10. The number of pyridine rings is 1. The molecule has 5 heteroatoms. The van der Waals surface area contributed by atoms with Crippen molar-refractivity contribution in [3.05, 3.63) is 28.5 Å². The number of rotatable bonds is 2. The van der Waals surface area contributed by atoms with Crippen molar-refractivity contribution >= 4 is 21.8 Å². The first-order valence-electron chi connectivity index (χ1n) is 5.64. The second-order valence-corrected chi connectivity index (χ2v) is 4.91. The Morgan fingerprint density at radius 1 is 1.47 bits per heavy atom. The molecule has 0 unspecified atom stereocenters. The first-order valence-corrected chi connectivity index (χ1v) is 6.43. The standard InChI is InChI=1S/C12H15BrN2O2/c1-17-10-4-6-15(7-5-10)12(16)9-2-3-11(13)14-8-9/h2-3,8,10H,4-7H2,1H3. The number of amides is 1. The predicted octanol–water partition coefficient (Wildman–Crippen LogP) is 2.10. The van der Waals surface area contributed by atoms with Crippen LogP contribution in [0.25, 0.3) is 0 Å². The van der Waals surface area contributed by atoms with Gasteiger partial charge < -0.3 is 9.64 Å². The predicted molar refractivity (Wildman–Crippen MR) is 67.9 cm³/mol. The molecule has 0 saturated carbocycles. The lowest BCUT2D eigenvalue weighted by molar-refractivity contribution is 0.0350. The molecule has 0 N–H and O–H groups in total. The number of halogens is 1.